The number of hydrogen-bond acceptors (Lipinski definition) is 12. The smallest absolute Gasteiger partial charge is 0.235 e. The summed E-state index contributed by atoms with van der Waals surface area (Å²) in [5, 5.41) is 27.0. The summed E-state index contributed by atoms with van der Waals surface area (Å²) in [6.45, 7) is 0. The van der Waals surface area contributed by atoms with Gasteiger partial charge in [0.1, 0.15) is 33.6 Å². The number of para-hydroxylation sites is 3. The molecule has 18 aromatic carbocycles. The molecule has 0 aliphatic rings. The van der Waals surface area contributed by atoms with Crippen LogP contribution in [0, 0.1) is 0 Å². The zero-order chi connectivity index (χ0) is 87.7. The largest absolute Gasteiger partial charge is 0.277 e. The van der Waals surface area contributed by atoms with E-state index in [2.05, 4.69) is 366 Å². The van der Waals surface area contributed by atoms with E-state index < -0.39 is 0 Å². The molecule has 12 aromatic heterocycles. The van der Waals surface area contributed by atoms with Crippen molar-refractivity contribution in [2.75, 3.05) is 0 Å². The average Bonchev–Trinajstić information content (AvgIpc) is 1.54. The van der Waals surface area contributed by atoms with Crippen LogP contribution in [0.2, 0.25) is 0 Å². The minimum atomic E-state index is 0.638. The van der Waals surface area contributed by atoms with Gasteiger partial charge in [-0.15, -0.1) is 34.0 Å². The van der Waals surface area contributed by atoms with Crippen molar-refractivity contribution >= 4 is 247 Å². The molecule has 0 fully saturated rings. The van der Waals surface area contributed by atoms with Crippen LogP contribution in [0.4, 0.5) is 0 Å². The van der Waals surface area contributed by atoms with Gasteiger partial charge in [0.15, 0.2) is 0 Å². The number of benzene rings is 18. The maximum atomic E-state index is 5.41. The fourth-order valence-electron chi connectivity index (χ4n) is 21.0. The van der Waals surface area contributed by atoms with Gasteiger partial charge >= 0.3 is 0 Å². The quantitative estimate of drug-likeness (QED) is 0.153. The molecule has 0 saturated carbocycles. The Kier molecular flexibility index (Phi) is 17.1. The number of pyridine rings is 3. The van der Waals surface area contributed by atoms with Gasteiger partial charge in [-0.2, -0.15) is 0 Å². The summed E-state index contributed by atoms with van der Waals surface area (Å²) >= 11 is 5.58. The van der Waals surface area contributed by atoms with Crippen LogP contribution in [-0.2, 0) is 0 Å². The molecule has 0 aliphatic carbocycles. The third kappa shape index (κ3) is 11.6. The van der Waals surface area contributed by atoms with Crippen molar-refractivity contribution in [1.29, 1.82) is 0 Å². The molecule has 30 rings (SSSR count). The van der Waals surface area contributed by atoms with Crippen molar-refractivity contribution in [3.8, 4) is 62.7 Å². The van der Waals surface area contributed by atoms with Crippen molar-refractivity contribution in [3.05, 3.63) is 413 Å². The van der Waals surface area contributed by atoms with E-state index in [0.717, 1.165) is 116 Å². The van der Waals surface area contributed by atoms with Crippen LogP contribution in [0.15, 0.2) is 413 Å². The normalized spacial score (nSPS) is 12.0. The second-order valence-electron chi connectivity index (χ2n) is 34.0. The van der Waals surface area contributed by atoms with Crippen molar-refractivity contribution in [2.24, 2.45) is 0 Å². The molecule has 0 aliphatic heterocycles. The maximum absolute atomic E-state index is 5.41. The molecule has 0 N–H and O–H groups in total. The highest BCUT2D eigenvalue weighted by molar-refractivity contribution is 7.28. The van der Waals surface area contributed by atoms with Gasteiger partial charge in [0, 0.05) is 144 Å². The van der Waals surface area contributed by atoms with Crippen LogP contribution in [0.1, 0.15) is 0 Å². The molecule has 0 saturated heterocycles. The fourth-order valence-corrected chi connectivity index (χ4v) is 24.7. The second-order valence-corrected chi connectivity index (χ2v) is 37.2. The summed E-state index contributed by atoms with van der Waals surface area (Å²) in [5.74, 6) is 1.93. The van der Waals surface area contributed by atoms with Crippen molar-refractivity contribution in [1.82, 2.24) is 58.6 Å². The second kappa shape index (κ2) is 30.2. The summed E-state index contributed by atoms with van der Waals surface area (Å²) in [7, 11) is 0. The zero-order valence-corrected chi connectivity index (χ0v) is 73.8. The average molecular weight is 1760 g/mol. The lowest BCUT2D eigenvalue weighted by atomic mass is 10.00. The molecule has 622 valence electrons. The minimum Gasteiger partial charge on any atom is -0.277 e. The standard InChI is InChI=1S/C41H24N4S.2C39H22N4S/c1-2-12-25(13-3-1)26-14-10-15-27(24-26)37-38-32(20-11-23-42-38)43-41(44-37)45-33-21-8-6-18-30(33)35-28-16-4-5-17-29(28)40-36(39(35)45)31-19-7-9-22-34(31)46-40;1-2-13-24-23(11-1)12-9-18-26(24)35-36-30(19-10-22-40-36)41-39(42-35)43-31-20-7-5-16-28(31)33-25-14-3-4-15-27(25)38-34(37(33)43)29-17-6-8-21-32(29)44-38;1-2-11-24-22-25(20-19-23(24)10-1)35-36-30(16-9-21-40-36)41-39(42-35)43-31-17-7-5-14-28(31)33-26-12-3-4-13-27(26)38-34(37(33)43)29-15-6-8-18-32(29)44-38/h1-24H;2*1-22H. The number of fused-ring (bicyclic) bond motifs is 35. The Balaban J connectivity index is 0.000000100. The first-order chi connectivity index (χ1) is 66.5. The van der Waals surface area contributed by atoms with Crippen molar-refractivity contribution in [2.45, 2.75) is 0 Å². The number of rotatable bonds is 7. The van der Waals surface area contributed by atoms with Gasteiger partial charge in [0.25, 0.3) is 0 Å². The highest BCUT2D eigenvalue weighted by atomic mass is 32.1. The third-order valence-corrected chi connectivity index (χ3v) is 30.3. The van der Waals surface area contributed by atoms with Crippen LogP contribution in [-0.4, -0.2) is 58.6 Å². The molecule has 0 radical (unpaired) electrons. The molecule has 30 aromatic rings. The van der Waals surface area contributed by atoms with Crippen LogP contribution in [0.25, 0.3) is 276 Å². The van der Waals surface area contributed by atoms with Gasteiger partial charge in [-0.05, 0) is 134 Å². The van der Waals surface area contributed by atoms with E-state index in [1.165, 1.54) is 141 Å². The Morgan fingerprint density at radius 3 is 0.978 bits per heavy atom. The first-order valence-corrected chi connectivity index (χ1v) is 47.2. The molecule has 0 amide bonds. The highest BCUT2D eigenvalue weighted by Crippen LogP contribution is 2.53. The van der Waals surface area contributed by atoms with E-state index in [-0.39, 0.29) is 0 Å². The lowest BCUT2D eigenvalue weighted by molar-refractivity contribution is 1.01. The molecule has 15 heteroatoms. The Labute approximate surface area is 775 Å². The van der Waals surface area contributed by atoms with Gasteiger partial charge in [-0.1, -0.05) is 309 Å². The molecule has 12 heterocycles. The molecule has 0 spiro atoms. The predicted octanol–water partition coefficient (Wildman–Crippen LogP) is 31.9. The number of nitrogens with zero attached hydrogens (tertiary/aromatic N) is 12. The van der Waals surface area contributed by atoms with Gasteiger partial charge in [0.2, 0.25) is 17.8 Å². The van der Waals surface area contributed by atoms with Gasteiger partial charge in [-0.3, -0.25) is 28.7 Å². The van der Waals surface area contributed by atoms with Crippen LogP contribution in [0.5, 0.6) is 0 Å². The number of aromatic nitrogens is 12. The van der Waals surface area contributed by atoms with Crippen molar-refractivity contribution in [3.63, 3.8) is 0 Å². The molecule has 12 nitrogen and oxygen atoms in total. The minimum absolute atomic E-state index is 0.638. The summed E-state index contributed by atoms with van der Waals surface area (Å²) < 4.78 is 14.5. The van der Waals surface area contributed by atoms with Crippen LogP contribution in [0.3, 0.4) is 0 Å². The summed E-state index contributed by atoms with van der Waals surface area (Å²) in [6, 6.07) is 139. The number of hydrogen-bond donors (Lipinski definition) is 0. The highest BCUT2D eigenvalue weighted by Gasteiger charge is 2.30. The Morgan fingerprint density at radius 1 is 0.194 bits per heavy atom. The molecule has 0 bridgehead atoms. The molecule has 0 unspecified atom stereocenters. The van der Waals surface area contributed by atoms with E-state index in [4.69, 9.17) is 44.9 Å². The Hall–Kier alpha value is -17.2. The van der Waals surface area contributed by atoms with E-state index in [1.807, 2.05) is 95.1 Å². The van der Waals surface area contributed by atoms with E-state index in [1.54, 1.807) is 0 Å². The topological polar surface area (TPSA) is 131 Å². The van der Waals surface area contributed by atoms with Crippen LogP contribution < -0.4 is 0 Å². The molecule has 0 atom stereocenters. The molecular weight excluding hydrogens is 1690 g/mol. The Morgan fingerprint density at radius 2 is 0.522 bits per heavy atom. The summed E-state index contributed by atoms with van der Waals surface area (Å²) in [5.41, 5.74) is 19.4. The van der Waals surface area contributed by atoms with E-state index in [9.17, 15) is 0 Å². The SMILES string of the molecule is c1ccc(-c2cccc(-c3nc(-n4c5ccccc5c5c6ccccc6c6sc7ccccc7c6c54)nc4cccnc34)c2)cc1.c1ccc2c(-c3nc(-n4c5ccccc5c5c6ccccc6c6sc7ccccc7c6c54)nc4cccnc34)cccc2c1.c1ccc2cc(-c3nc(-n4c5ccccc5c5c6ccccc6c6sc7ccccc7c6c54)nc4cccnc34)ccc2c1. The monoisotopic (exact) mass is 1760 g/mol. The summed E-state index contributed by atoms with van der Waals surface area (Å²) in [6.07, 6.45) is 5.47. The zero-order valence-electron chi connectivity index (χ0n) is 71.4. The summed E-state index contributed by atoms with van der Waals surface area (Å²) in [4.78, 5) is 46.2. The van der Waals surface area contributed by atoms with Gasteiger partial charge in [-0.25, -0.2) is 29.9 Å². The first kappa shape index (κ1) is 75.7. The lowest BCUT2D eigenvalue weighted by Gasteiger charge is -2.13. The van der Waals surface area contributed by atoms with E-state index in [0.29, 0.717) is 17.8 Å². The Bertz CT molecular complexity index is 10200. The number of thiophene rings is 3. The van der Waals surface area contributed by atoms with Gasteiger partial charge in [0.05, 0.1) is 49.7 Å². The maximum Gasteiger partial charge on any atom is 0.235 e. The molecule has 134 heavy (non-hydrogen) atoms. The van der Waals surface area contributed by atoms with Crippen LogP contribution >= 0.6 is 34.0 Å². The van der Waals surface area contributed by atoms with Crippen molar-refractivity contribution < 1.29 is 0 Å². The lowest BCUT2D eigenvalue weighted by Crippen LogP contribution is -2.04. The van der Waals surface area contributed by atoms with E-state index >= 15 is 0 Å². The fraction of sp³-hybridized carbons (Fsp3) is 0. The first-order valence-electron chi connectivity index (χ1n) is 44.8. The molecular formula is C119H68N12S3. The predicted molar refractivity (Wildman–Crippen MR) is 563 cm³/mol. The third-order valence-electron chi connectivity index (χ3n) is 26.7. The van der Waals surface area contributed by atoms with Gasteiger partial charge < -0.3 is 0 Å².